The number of phenolic OH excluding ortho intramolecular Hbond substituents is 1. The van der Waals surface area contributed by atoms with Crippen LogP contribution in [-0.2, 0) is 4.74 Å². The Morgan fingerprint density at radius 3 is 2.40 bits per heavy atom. The molecule has 1 aromatic rings. The minimum atomic E-state index is -0.693. The highest BCUT2D eigenvalue weighted by atomic mass is 16.5. The molecule has 0 aliphatic carbocycles. The number of aryl methyl sites for hydroxylation is 2. The van der Waals surface area contributed by atoms with Crippen molar-refractivity contribution in [2.45, 2.75) is 39.7 Å². The SMILES string of the molecule is C=C(COC)/C(=C/CO)C(O)CC/C(C)=C/c1cc(C)c(O)c(C)c1. The normalized spacial score (nSPS) is 13.8. The van der Waals surface area contributed by atoms with Gasteiger partial charge < -0.3 is 20.1 Å². The summed E-state index contributed by atoms with van der Waals surface area (Å²) in [7, 11) is 1.57. The number of aliphatic hydroxyl groups is 2. The van der Waals surface area contributed by atoms with E-state index in [-0.39, 0.29) is 6.61 Å². The van der Waals surface area contributed by atoms with Crippen LogP contribution in [0.4, 0.5) is 0 Å². The molecule has 0 bridgehead atoms. The van der Waals surface area contributed by atoms with Gasteiger partial charge in [-0.2, -0.15) is 0 Å². The van der Waals surface area contributed by atoms with Crippen LogP contribution >= 0.6 is 0 Å². The van der Waals surface area contributed by atoms with Gasteiger partial charge in [-0.25, -0.2) is 0 Å². The summed E-state index contributed by atoms with van der Waals surface area (Å²) in [6, 6.07) is 3.89. The zero-order valence-corrected chi connectivity index (χ0v) is 15.7. The molecule has 0 fully saturated rings. The van der Waals surface area contributed by atoms with Gasteiger partial charge in [-0.3, -0.25) is 0 Å². The van der Waals surface area contributed by atoms with Gasteiger partial charge >= 0.3 is 0 Å². The first-order chi connectivity index (χ1) is 11.8. The number of aromatic hydroxyl groups is 1. The molecule has 1 rings (SSSR count). The minimum Gasteiger partial charge on any atom is -0.507 e. The van der Waals surface area contributed by atoms with Gasteiger partial charge in [0.05, 0.1) is 19.3 Å². The molecule has 0 radical (unpaired) electrons. The maximum absolute atomic E-state index is 10.4. The molecule has 0 aromatic heterocycles. The van der Waals surface area contributed by atoms with Crippen LogP contribution < -0.4 is 0 Å². The summed E-state index contributed by atoms with van der Waals surface area (Å²) in [5.41, 5.74) is 5.18. The molecule has 0 aliphatic rings. The van der Waals surface area contributed by atoms with Gasteiger partial charge in [0.25, 0.3) is 0 Å². The van der Waals surface area contributed by atoms with Crippen molar-refractivity contribution in [1.82, 2.24) is 0 Å². The third kappa shape index (κ3) is 6.50. The summed E-state index contributed by atoms with van der Waals surface area (Å²) in [4.78, 5) is 0. The number of allylic oxidation sites excluding steroid dienone is 1. The van der Waals surface area contributed by atoms with E-state index >= 15 is 0 Å². The predicted octanol–water partition coefficient (Wildman–Crippen LogP) is 3.67. The van der Waals surface area contributed by atoms with E-state index in [9.17, 15) is 10.2 Å². The molecule has 3 N–H and O–H groups in total. The molecule has 4 nitrogen and oxygen atoms in total. The molecular weight excluding hydrogens is 316 g/mol. The van der Waals surface area contributed by atoms with Crippen molar-refractivity contribution < 1.29 is 20.1 Å². The quantitative estimate of drug-likeness (QED) is 0.597. The second kappa shape index (κ2) is 10.2. The Morgan fingerprint density at radius 1 is 1.28 bits per heavy atom. The topological polar surface area (TPSA) is 69.9 Å². The van der Waals surface area contributed by atoms with Crippen molar-refractivity contribution in [2.75, 3.05) is 20.3 Å². The Morgan fingerprint density at radius 2 is 1.88 bits per heavy atom. The maximum atomic E-state index is 10.4. The van der Waals surface area contributed by atoms with E-state index in [1.165, 1.54) is 0 Å². The average molecular weight is 346 g/mol. The standard InChI is InChI=1S/C21H30O4/c1-14(10-18-11-15(2)21(24)16(3)12-18)6-7-20(23)19(8-9-22)17(4)13-25-5/h8,10-12,20,22-24H,4,6-7,9,13H2,1-3,5H3/b14-10+,19-8-. The maximum Gasteiger partial charge on any atom is 0.121 e. The van der Waals surface area contributed by atoms with Crippen LogP contribution in [0, 0.1) is 13.8 Å². The third-order valence-corrected chi connectivity index (χ3v) is 4.14. The molecule has 0 spiro atoms. The number of ether oxygens (including phenoxy) is 1. The highest BCUT2D eigenvalue weighted by molar-refractivity contribution is 5.57. The average Bonchev–Trinajstić information content (AvgIpc) is 2.55. The van der Waals surface area contributed by atoms with Crippen LogP contribution in [0.1, 0.15) is 36.5 Å². The van der Waals surface area contributed by atoms with E-state index < -0.39 is 6.10 Å². The number of hydrogen-bond donors (Lipinski definition) is 3. The third-order valence-electron chi connectivity index (χ3n) is 4.14. The highest BCUT2D eigenvalue weighted by Crippen LogP contribution is 2.25. The number of rotatable bonds is 9. The van der Waals surface area contributed by atoms with Crippen LogP contribution in [0.3, 0.4) is 0 Å². The number of methoxy groups -OCH3 is 1. The predicted molar refractivity (Wildman–Crippen MR) is 103 cm³/mol. The van der Waals surface area contributed by atoms with Crippen molar-refractivity contribution >= 4 is 6.08 Å². The Kier molecular flexibility index (Phi) is 8.62. The minimum absolute atomic E-state index is 0.143. The summed E-state index contributed by atoms with van der Waals surface area (Å²) in [5.74, 6) is 0.334. The summed E-state index contributed by atoms with van der Waals surface area (Å²) in [6.07, 6.45) is 4.20. The van der Waals surface area contributed by atoms with Gasteiger partial charge in [0.2, 0.25) is 0 Å². The van der Waals surface area contributed by atoms with Crippen LogP contribution in [-0.4, -0.2) is 41.7 Å². The summed E-state index contributed by atoms with van der Waals surface area (Å²) < 4.78 is 5.05. The van der Waals surface area contributed by atoms with Gasteiger partial charge in [0.15, 0.2) is 0 Å². The van der Waals surface area contributed by atoms with Gasteiger partial charge in [-0.15, -0.1) is 0 Å². The van der Waals surface area contributed by atoms with Crippen LogP contribution in [0.5, 0.6) is 5.75 Å². The molecular formula is C21H30O4. The Balaban J connectivity index is 2.78. The lowest BCUT2D eigenvalue weighted by Gasteiger charge is -2.17. The lowest BCUT2D eigenvalue weighted by atomic mass is 9.95. The summed E-state index contributed by atoms with van der Waals surface area (Å²) in [5, 5.41) is 29.4. The molecule has 0 saturated carbocycles. The van der Waals surface area contributed by atoms with Crippen LogP contribution in [0.25, 0.3) is 6.08 Å². The van der Waals surface area contributed by atoms with E-state index in [1.807, 2.05) is 32.9 Å². The van der Waals surface area contributed by atoms with Gasteiger partial charge in [0.1, 0.15) is 5.75 Å². The van der Waals surface area contributed by atoms with E-state index in [4.69, 9.17) is 9.84 Å². The number of phenols is 1. The second-order valence-corrected chi connectivity index (χ2v) is 6.43. The van der Waals surface area contributed by atoms with E-state index in [0.29, 0.717) is 36.3 Å². The smallest absolute Gasteiger partial charge is 0.121 e. The van der Waals surface area contributed by atoms with E-state index in [2.05, 4.69) is 12.7 Å². The fourth-order valence-corrected chi connectivity index (χ4v) is 2.82. The van der Waals surface area contributed by atoms with Crippen molar-refractivity contribution in [3.8, 4) is 5.75 Å². The van der Waals surface area contributed by atoms with E-state index in [1.54, 1.807) is 13.2 Å². The fraction of sp³-hybridized carbons (Fsp3) is 0.429. The van der Waals surface area contributed by atoms with Gasteiger partial charge in [0, 0.05) is 7.11 Å². The van der Waals surface area contributed by atoms with Crippen molar-refractivity contribution in [1.29, 1.82) is 0 Å². The number of hydrogen-bond acceptors (Lipinski definition) is 4. The lowest BCUT2D eigenvalue weighted by molar-refractivity contribution is 0.190. The van der Waals surface area contributed by atoms with Crippen molar-refractivity contribution in [3.63, 3.8) is 0 Å². The lowest BCUT2D eigenvalue weighted by Crippen LogP contribution is -2.15. The molecule has 4 heteroatoms. The molecule has 25 heavy (non-hydrogen) atoms. The van der Waals surface area contributed by atoms with Gasteiger partial charge in [-0.05, 0) is 73.6 Å². The van der Waals surface area contributed by atoms with Crippen molar-refractivity contribution in [2.24, 2.45) is 0 Å². The van der Waals surface area contributed by atoms with Gasteiger partial charge in [-0.1, -0.05) is 24.3 Å². The number of benzene rings is 1. The Hall–Kier alpha value is -1.88. The summed E-state index contributed by atoms with van der Waals surface area (Å²) >= 11 is 0. The number of aliphatic hydroxyl groups excluding tert-OH is 2. The largest absolute Gasteiger partial charge is 0.507 e. The summed E-state index contributed by atoms with van der Waals surface area (Å²) in [6.45, 7) is 9.86. The molecule has 0 saturated heterocycles. The zero-order chi connectivity index (χ0) is 19.0. The molecule has 0 aliphatic heterocycles. The molecule has 138 valence electrons. The monoisotopic (exact) mass is 346 g/mol. The zero-order valence-electron chi connectivity index (χ0n) is 15.7. The molecule has 0 amide bonds. The van der Waals surface area contributed by atoms with Crippen molar-refractivity contribution in [3.05, 3.63) is 58.2 Å². The molecule has 1 aromatic carbocycles. The highest BCUT2D eigenvalue weighted by Gasteiger charge is 2.14. The van der Waals surface area contributed by atoms with E-state index in [0.717, 1.165) is 22.3 Å². The van der Waals surface area contributed by atoms with Crippen LogP contribution in [0.2, 0.25) is 0 Å². The van der Waals surface area contributed by atoms with Crippen LogP contribution in [0.15, 0.2) is 41.5 Å². The first kappa shape index (κ1) is 21.2. The Bertz CT molecular complexity index is 633. The molecule has 0 heterocycles. The first-order valence-corrected chi connectivity index (χ1v) is 8.43. The molecule has 1 atom stereocenters. The Labute approximate surface area is 150 Å². The molecule has 1 unspecified atom stereocenters. The second-order valence-electron chi connectivity index (χ2n) is 6.43. The first-order valence-electron chi connectivity index (χ1n) is 8.43. The fourth-order valence-electron chi connectivity index (χ4n) is 2.82.